The fourth-order valence-electron chi connectivity index (χ4n) is 3.20. The van der Waals surface area contributed by atoms with Crippen LogP contribution in [0.2, 0.25) is 0 Å². The Kier molecular flexibility index (Phi) is 6.29. The molecule has 0 aromatic heterocycles. The molecule has 2 aromatic rings. The summed E-state index contributed by atoms with van der Waals surface area (Å²) >= 11 is 0. The van der Waals surface area contributed by atoms with Crippen molar-refractivity contribution in [3.63, 3.8) is 0 Å². The Morgan fingerprint density at radius 3 is 2.59 bits per heavy atom. The van der Waals surface area contributed by atoms with Crippen LogP contribution >= 0.6 is 0 Å². The first-order valence-corrected chi connectivity index (χ1v) is 9.26. The van der Waals surface area contributed by atoms with Crippen molar-refractivity contribution in [2.24, 2.45) is 0 Å². The summed E-state index contributed by atoms with van der Waals surface area (Å²) in [5.74, 6) is -0.105. The summed E-state index contributed by atoms with van der Waals surface area (Å²) in [5.41, 5.74) is 2.91. The topological polar surface area (TPSA) is 55.8 Å². The van der Waals surface area contributed by atoms with Crippen molar-refractivity contribution in [3.05, 3.63) is 95.2 Å². The van der Waals surface area contributed by atoms with Gasteiger partial charge < -0.3 is 14.4 Å². The second-order valence-corrected chi connectivity index (χ2v) is 6.56. The molecule has 0 atom stereocenters. The molecule has 0 saturated heterocycles. The summed E-state index contributed by atoms with van der Waals surface area (Å²) in [4.78, 5) is 27.2. The van der Waals surface area contributed by atoms with Gasteiger partial charge in [-0.2, -0.15) is 0 Å². The highest BCUT2D eigenvalue weighted by Crippen LogP contribution is 2.33. The predicted molar refractivity (Wildman–Crippen MR) is 112 cm³/mol. The maximum Gasteiger partial charge on any atom is 0.340 e. The van der Waals surface area contributed by atoms with Crippen LogP contribution in [0.15, 0.2) is 84.1 Å². The van der Waals surface area contributed by atoms with E-state index in [9.17, 15) is 9.59 Å². The molecule has 0 N–H and O–H groups in total. The van der Waals surface area contributed by atoms with Gasteiger partial charge in [-0.1, -0.05) is 55.1 Å². The smallest absolute Gasteiger partial charge is 0.340 e. The van der Waals surface area contributed by atoms with Crippen LogP contribution < -0.4 is 4.74 Å². The number of methoxy groups -OCH3 is 1. The number of esters is 1. The minimum absolute atomic E-state index is 0.232. The Labute approximate surface area is 170 Å². The van der Waals surface area contributed by atoms with E-state index in [0.717, 1.165) is 11.1 Å². The summed E-state index contributed by atoms with van der Waals surface area (Å²) in [5, 5.41) is 0. The molecule has 0 bridgehead atoms. The molecule has 1 heterocycles. The molecule has 1 aliphatic heterocycles. The largest absolute Gasteiger partial charge is 0.490 e. The number of nitrogens with zero attached hydrogens (tertiary/aromatic N) is 1. The van der Waals surface area contributed by atoms with E-state index in [-0.39, 0.29) is 11.5 Å². The van der Waals surface area contributed by atoms with Crippen LogP contribution in [0.1, 0.15) is 18.1 Å². The third-order valence-electron chi connectivity index (χ3n) is 4.62. The van der Waals surface area contributed by atoms with Crippen LogP contribution in [0, 0.1) is 0 Å². The van der Waals surface area contributed by atoms with Gasteiger partial charge in [0.2, 0.25) is 0 Å². The first-order chi connectivity index (χ1) is 14.0. The molecule has 0 spiro atoms. The van der Waals surface area contributed by atoms with Gasteiger partial charge in [0.05, 0.1) is 24.8 Å². The molecule has 1 amide bonds. The van der Waals surface area contributed by atoms with Crippen molar-refractivity contribution < 1.29 is 19.1 Å². The van der Waals surface area contributed by atoms with E-state index >= 15 is 0 Å². The molecule has 5 nitrogen and oxygen atoms in total. The van der Waals surface area contributed by atoms with Crippen molar-refractivity contribution in [3.8, 4) is 5.75 Å². The molecule has 3 rings (SSSR count). The number of ether oxygens (including phenoxy) is 2. The van der Waals surface area contributed by atoms with Crippen LogP contribution in [-0.4, -0.2) is 30.5 Å². The van der Waals surface area contributed by atoms with Crippen molar-refractivity contribution in [2.75, 3.05) is 13.7 Å². The second kappa shape index (κ2) is 9.06. The summed E-state index contributed by atoms with van der Waals surface area (Å²) in [6.45, 7) is 6.16. The maximum atomic E-state index is 13.2. The lowest BCUT2D eigenvalue weighted by molar-refractivity contribution is -0.136. The number of amides is 1. The number of allylic oxidation sites excluding steroid dienone is 1. The van der Waals surface area contributed by atoms with Crippen LogP contribution in [0.4, 0.5) is 0 Å². The number of carbonyl (C=O) groups excluding carboxylic acids is 2. The zero-order valence-corrected chi connectivity index (χ0v) is 16.6. The van der Waals surface area contributed by atoms with Gasteiger partial charge in [-0.25, -0.2) is 4.79 Å². The molecule has 0 aliphatic carbocycles. The molecular formula is C24H23NO4. The molecule has 0 saturated carbocycles. The second-order valence-electron chi connectivity index (χ2n) is 6.56. The predicted octanol–water partition coefficient (Wildman–Crippen LogP) is 4.12. The molecule has 1 aliphatic rings. The molecule has 148 valence electrons. The molecule has 0 radical (unpaired) electrons. The Hall–Kier alpha value is -3.60. The van der Waals surface area contributed by atoms with Crippen LogP contribution in [0.3, 0.4) is 0 Å². The van der Waals surface area contributed by atoms with Gasteiger partial charge in [-0.3, -0.25) is 4.79 Å². The standard InChI is InChI=1S/C24H23NO4/c1-4-13-29-20-12-8-11-19(14-20)15-21-22(24(27)28-3)17(2)25(23(21)26)16-18-9-6-5-7-10-18/h4-12,14-15H,1,13,16H2,2-3H3/b21-15-. The third-order valence-corrected chi connectivity index (χ3v) is 4.62. The Morgan fingerprint density at radius 1 is 1.14 bits per heavy atom. The molecule has 2 aromatic carbocycles. The molecule has 29 heavy (non-hydrogen) atoms. The monoisotopic (exact) mass is 389 g/mol. The quantitative estimate of drug-likeness (QED) is 0.406. The van der Waals surface area contributed by atoms with Crippen LogP contribution in [0.25, 0.3) is 6.08 Å². The van der Waals surface area contributed by atoms with Gasteiger partial charge in [0, 0.05) is 5.70 Å². The van der Waals surface area contributed by atoms with Crippen LogP contribution in [-0.2, 0) is 20.9 Å². The molecule has 0 fully saturated rings. The number of carbonyl (C=O) groups is 2. The van der Waals surface area contributed by atoms with Gasteiger partial charge in [0.25, 0.3) is 5.91 Å². The van der Waals surface area contributed by atoms with Gasteiger partial charge in [0.15, 0.2) is 0 Å². The van der Waals surface area contributed by atoms with E-state index in [1.54, 1.807) is 24.0 Å². The van der Waals surface area contributed by atoms with Gasteiger partial charge in [0.1, 0.15) is 12.4 Å². The molecule has 5 heteroatoms. The minimum Gasteiger partial charge on any atom is -0.490 e. The highest BCUT2D eigenvalue weighted by molar-refractivity contribution is 6.16. The van der Waals surface area contributed by atoms with E-state index in [4.69, 9.17) is 9.47 Å². The van der Waals surface area contributed by atoms with Crippen molar-refractivity contribution in [1.29, 1.82) is 0 Å². The van der Waals surface area contributed by atoms with Gasteiger partial charge >= 0.3 is 5.97 Å². The van der Waals surface area contributed by atoms with E-state index in [0.29, 0.717) is 30.2 Å². The van der Waals surface area contributed by atoms with E-state index in [1.165, 1.54) is 7.11 Å². The lowest BCUT2D eigenvalue weighted by Crippen LogP contribution is -2.24. The van der Waals surface area contributed by atoms with E-state index in [2.05, 4.69) is 6.58 Å². The summed E-state index contributed by atoms with van der Waals surface area (Å²) in [6.07, 6.45) is 3.36. The average molecular weight is 389 g/mol. The fraction of sp³-hybridized carbons (Fsp3) is 0.167. The Balaban J connectivity index is 1.98. The summed E-state index contributed by atoms with van der Waals surface area (Å²) < 4.78 is 10.5. The van der Waals surface area contributed by atoms with Crippen molar-refractivity contribution in [1.82, 2.24) is 4.90 Å². The minimum atomic E-state index is -0.531. The van der Waals surface area contributed by atoms with Gasteiger partial charge in [-0.15, -0.1) is 0 Å². The molecule has 0 unspecified atom stereocenters. The maximum absolute atomic E-state index is 13.2. The molecular weight excluding hydrogens is 366 g/mol. The Morgan fingerprint density at radius 2 is 1.90 bits per heavy atom. The average Bonchev–Trinajstić information content (AvgIpc) is 2.97. The highest BCUT2D eigenvalue weighted by atomic mass is 16.5. The Bertz CT molecular complexity index is 989. The first-order valence-electron chi connectivity index (χ1n) is 9.26. The lowest BCUT2D eigenvalue weighted by atomic mass is 10.0. The number of benzene rings is 2. The third kappa shape index (κ3) is 4.46. The lowest BCUT2D eigenvalue weighted by Gasteiger charge is -2.17. The number of rotatable bonds is 7. The van der Waals surface area contributed by atoms with Crippen LogP contribution in [0.5, 0.6) is 5.75 Å². The van der Waals surface area contributed by atoms with Crippen molar-refractivity contribution in [2.45, 2.75) is 13.5 Å². The zero-order valence-electron chi connectivity index (χ0n) is 16.6. The van der Waals surface area contributed by atoms with Crippen molar-refractivity contribution >= 4 is 18.0 Å². The highest BCUT2D eigenvalue weighted by Gasteiger charge is 2.36. The van der Waals surface area contributed by atoms with E-state index < -0.39 is 5.97 Å². The first kappa shape index (κ1) is 20.1. The zero-order chi connectivity index (χ0) is 20.8. The number of hydrogen-bond donors (Lipinski definition) is 0. The van der Waals surface area contributed by atoms with Gasteiger partial charge in [-0.05, 0) is 36.3 Å². The number of hydrogen-bond acceptors (Lipinski definition) is 4. The SMILES string of the molecule is C=CCOc1cccc(/C=C2\C(=O)N(Cc3ccccc3)C(C)=C2C(=O)OC)c1. The summed E-state index contributed by atoms with van der Waals surface area (Å²) in [6, 6.07) is 17.0. The normalized spacial score (nSPS) is 15.0. The fourth-order valence-corrected chi connectivity index (χ4v) is 3.20. The summed E-state index contributed by atoms with van der Waals surface area (Å²) in [7, 11) is 1.31. The van der Waals surface area contributed by atoms with E-state index in [1.807, 2.05) is 54.6 Å².